The van der Waals surface area contributed by atoms with E-state index >= 15 is 0 Å². The number of hydrogen-bond donors (Lipinski definition) is 2. The van der Waals surface area contributed by atoms with E-state index in [2.05, 4.69) is 4.72 Å². The number of anilines is 1. The van der Waals surface area contributed by atoms with E-state index in [0.717, 1.165) is 0 Å². The molecule has 6 nitrogen and oxygen atoms in total. The summed E-state index contributed by atoms with van der Waals surface area (Å²) in [5.41, 5.74) is -0.225. The molecule has 8 heteroatoms. The summed E-state index contributed by atoms with van der Waals surface area (Å²) in [5.74, 6) is -1.51. The average molecular weight is 322 g/mol. The molecule has 1 aromatic rings. The van der Waals surface area contributed by atoms with E-state index in [4.69, 9.17) is 21.4 Å². The third-order valence-electron chi connectivity index (χ3n) is 2.28. The number of aromatic carboxylic acids is 1. The lowest BCUT2D eigenvalue weighted by Gasteiger charge is -2.12. The van der Waals surface area contributed by atoms with E-state index in [0.29, 0.717) is 0 Å². The Morgan fingerprint density at radius 3 is 2.65 bits per heavy atom. The van der Waals surface area contributed by atoms with Crippen molar-refractivity contribution in [2.24, 2.45) is 0 Å². The predicted octanol–water partition coefficient (Wildman–Crippen LogP) is 2.20. The quantitative estimate of drug-likeness (QED) is 0.803. The molecule has 0 aliphatic heterocycles. The number of nitrogens with one attached hydrogen (secondary N) is 1. The van der Waals surface area contributed by atoms with E-state index < -0.39 is 16.0 Å². The molecule has 20 heavy (non-hydrogen) atoms. The summed E-state index contributed by atoms with van der Waals surface area (Å²) in [7, 11) is -3.70. The van der Waals surface area contributed by atoms with Gasteiger partial charge in [-0.3, -0.25) is 4.72 Å². The predicted molar refractivity (Wildman–Crippen MR) is 76.9 cm³/mol. The highest BCUT2D eigenvalue weighted by Crippen LogP contribution is 2.22. The highest BCUT2D eigenvalue weighted by Gasteiger charge is 2.17. The second kappa shape index (κ2) is 6.92. The molecule has 0 aromatic heterocycles. The Balaban J connectivity index is 2.86. The molecule has 0 heterocycles. The third-order valence-corrected chi connectivity index (χ3v) is 3.75. The van der Waals surface area contributed by atoms with E-state index in [1.807, 2.05) is 0 Å². The molecular weight excluding hydrogens is 306 g/mol. The fourth-order valence-corrected chi connectivity index (χ4v) is 2.49. The van der Waals surface area contributed by atoms with Crippen molar-refractivity contribution in [3.05, 3.63) is 28.8 Å². The van der Waals surface area contributed by atoms with Gasteiger partial charge < -0.3 is 9.84 Å². The standard InChI is InChI=1S/C12H16ClNO5S/c1-8(2)19-5-6-20(17,18)14-11-7-9(13)3-4-10(11)12(15)16/h3-4,7-8,14H,5-6H2,1-2H3,(H,15,16). The number of ether oxygens (including phenoxy) is 1. The van der Waals surface area contributed by atoms with Crippen molar-refractivity contribution in [3.8, 4) is 0 Å². The minimum atomic E-state index is -3.70. The zero-order valence-corrected chi connectivity index (χ0v) is 12.7. The summed E-state index contributed by atoms with van der Waals surface area (Å²) in [5, 5.41) is 9.24. The van der Waals surface area contributed by atoms with Crippen LogP contribution in [0.2, 0.25) is 5.02 Å². The number of carbonyl (C=O) groups is 1. The minimum Gasteiger partial charge on any atom is -0.478 e. The van der Waals surface area contributed by atoms with Crippen LogP contribution in [0.5, 0.6) is 0 Å². The first-order valence-electron chi connectivity index (χ1n) is 5.86. The van der Waals surface area contributed by atoms with Gasteiger partial charge in [-0.15, -0.1) is 0 Å². The highest BCUT2D eigenvalue weighted by atomic mass is 35.5. The Morgan fingerprint density at radius 2 is 2.10 bits per heavy atom. The molecule has 0 amide bonds. The van der Waals surface area contributed by atoms with Gasteiger partial charge in [0.15, 0.2) is 0 Å². The normalized spacial score (nSPS) is 11.6. The minimum absolute atomic E-state index is 0.0238. The first-order chi connectivity index (χ1) is 9.21. The molecular formula is C12H16ClNO5S. The van der Waals surface area contributed by atoms with Crippen LogP contribution in [-0.2, 0) is 14.8 Å². The molecule has 1 rings (SSSR count). The van der Waals surface area contributed by atoms with Gasteiger partial charge in [-0.25, -0.2) is 13.2 Å². The van der Waals surface area contributed by atoms with Gasteiger partial charge in [-0.2, -0.15) is 0 Å². The van der Waals surface area contributed by atoms with Gasteiger partial charge in [0.25, 0.3) is 0 Å². The van der Waals surface area contributed by atoms with Crippen molar-refractivity contribution < 1.29 is 23.1 Å². The summed E-state index contributed by atoms with van der Waals surface area (Å²) >= 11 is 5.74. The number of carboxylic acid groups (broad SMARTS) is 1. The van der Waals surface area contributed by atoms with Gasteiger partial charge in [0.2, 0.25) is 10.0 Å². The molecule has 0 radical (unpaired) electrons. The first kappa shape index (κ1) is 16.7. The number of sulfonamides is 1. The average Bonchev–Trinajstić information content (AvgIpc) is 2.26. The van der Waals surface area contributed by atoms with Crippen LogP contribution in [0.15, 0.2) is 18.2 Å². The molecule has 0 saturated carbocycles. The smallest absolute Gasteiger partial charge is 0.337 e. The Kier molecular flexibility index (Phi) is 5.79. The van der Waals surface area contributed by atoms with Gasteiger partial charge in [0.05, 0.1) is 29.7 Å². The van der Waals surface area contributed by atoms with Gasteiger partial charge in [-0.05, 0) is 32.0 Å². The van der Waals surface area contributed by atoms with E-state index in [1.54, 1.807) is 13.8 Å². The van der Waals surface area contributed by atoms with E-state index in [1.165, 1.54) is 18.2 Å². The van der Waals surface area contributed by atoms with Crippen LogP contribution in [0.3, 0.4) is 0 Å². The van der Waals surface area contributed by atoms with E-state index in [9.17, 15) is 13.2 Å². The second-order valence-corrected chi connectivity index (χ2v) is 6.61. The fourth-order valence-electron chi connectivity index (χ4n) is 1.40. The van der Waals surface area contributed by atoms with Crippen LogP contribution in [0.25, 0.3) is 0 Å². The Hall–Kier alpha value is -1.31. The summed E-state index contributed by atoms with van der Waals surface area (Å²) in [6.45, 7) is 3.61. The van der Waals surface area contributed by atoms with Crippen molar-refractivity contribution >= 4 is 33.3 Å². The molecule has 0 spiro atoms. The zero-order chi connectivity index (χ0) is 15.3. The molecule has 0 aliphatic carbocycles. The monoisotopic (exact) mass is 321 g/mol. The number of benzene rings is 1. The molecule has 1 aromatic carbocycles. The molecule has 112 valence electrons. The van der Waals surface area contributed by atoms with Crippen molar-refractivity contribution in [1.29, 1.82) is 0 Å². The maximum absolute atomic E-state index is 11.8. The van der Waals surface area contributed by atoms with Crippen LogP contribution >= 0.6 is 11.6 Å². The largest absolute Gasteiger partial charge is 0.478 e. The maximum atomic E-state index is 11.8. The van der Waals surface area contributed by atoms with Crippen LogP contribution in [0, 0.1) is 0 Å². The van der Waals surface area contributed by atoms with Crippen molar-refractivity contribution in [3.63, 3.8) is 0 Å². The Bertz CT molecular complexity index is 586. The third kappa shape index (κ3) is 5.36. The molecule has 0 bridgehead atoms. The maximum Gasteiger partial charge on any atom is 0.337 e. The SMILES string of the molecule is CC(C)OCCS(=O)(=O)Nc1cc(Cl)ccc1C(=O)O. The lowest BCUT2D eigenvalue weighted by Crippen LogP contribution is -2.22. The molecule has 0 atom stereocenters. The van der Waals surface area contributed by atoms with Gasteiger partial charge in [0, 0.05) is 5.02 Å². The van der Waals surface area contributed by atoms with Crippen molar-refractivity contribution in [1.82, 2.24) is 0 Å². The summed E-state index contributed by atoms with van der Waals surface area (Å²) < 4.78 is 31.0. The number of halogens is 1. The van der Waals surface area contributed by atoms with Gasteiger partial charge in [-0.1, -0.05) is 11.6 Å². The lowest BCUT2D eigenvalue weighted by atomic mass is 10.2. The molecule has 0 fully saturated rings. The Morgan fingerprint density at radius 1 is 1.45 bits per heavy atom. The second-order valence-electron chi connectivity index (χ2n) is 4.34. The number of rotatable bonds is 7. The molecule has 0 saturated heterocycles. The lowest BCUT2D eigenvalue weighted by molar-refractivity contribution is 0.0698. The van der Waals surface area contributed by atoms with Crippen LogP contribution in [-0.4, -0.2) is 38.0 Å². The summed E-state index contributed by atoms with van der Waals surface area (Å²) in [6, 6.07) is 3.88. The summed E-state index contributed by atoms with van der Waals surface area (Å²) in [6.07, 6.45) is -0.0778. The van der Waals surface area contributed by atoms with Crippen molar-refractivity contribution in [2.45, 2.75) is 20.0 Å². The van der Waals surface area contributed by atoms with Crippen LogP contribution in [0.4, 0.5) is 5.69 Å². The number of carboxylic acids is 1. The summed E-state index contributed by atoms with van der Waals surface area (Å²) in [4.78, 5) is 11.0. The zero-order valence-electron chi connectivity index (χ0n) is 11.1. The van der Waals surface area contributed by atoms with Gasteiger partial charge in [0.1, 0.15) is 0 Å². The van der Waals surface area contributed by atoms with Crippen LogP contribution in [0.1, 0.15) is 24.2 Å². The van der Waals surface area contributed by atoms with Gasteiger partial charge >= 0.3 is 5.97 Å². The molecule has 0 aliphatic rings. The molecule has 0 unspecified atom stereocenters. The topological polar surface area (TPSA) is 92.7 Å². The fraction of sp³-hybridized carbons (Fsp3) is 0.417. The first-order valence-corrected chi connectivity index (χ1v) is 7.89. The number of hydrogen-bond acceptors (Lipinski definition) is 4. The van der Waals surface area contributed by atoms with Crippen molar-refractivity contribution in [2.75, 3.05) is 17.1 Å². The van der Waals surface area contributed by atoms with E-state index in [-0.39, 0.29) is 34.7 Å². The Labute approximate surface area is 122 Å². The molecule has 2 N–H and O–H groups in total. The highest BCUT2D eigenvalue weighted by molar-refractivity contribution is 7.92. The van der Waals surface area contributed by atoms with Crippen LogP contribution < -0.4 is 4.72 Å².